The summed E-state index contributed by atoms with van der Waals surface area (Å²) >= 11 is 5.93. The number of anilines is 1. The number of benzene rings is 1. The molecule has 1 unspecified atom stereocenters. The van der Waals surface area contributed by atoms with Crippen molar-refractivity contribution in [1.82, 2.24) is 4.90 Å². The van der Waals surface area contributed by atoms with Crippen molar-refractivity contribution in [3.05, 3.63) is 29.3 Å². The summed E-state index contributed by atoms with van der Waals surface area (Å²) in [4.78, 5) is 26.0. The van der Waals surface area contributed by atoms with E-state index >= 15 is 0 Å². The minimum Gasteiger partial charge on any atom is -0.373 e. The van der Waals surface area contributed by atoms with Gasteiger partial charge in [0.15, 0.2) is 0 Å². The van der Waals surface area contributed by atoms with Gasteiger partial charge in [0.05, 0.1) is 6.42 Å². The highest BCUT2D eigenvalue weighted by atomic mass is 35.5. The van der Waals surface area contributed by atoms with Crippen LogP contribution in [0.3, 0.4) is 0 Å². The summed E-state index contributed by atoms with van der Waals surface area (Å²) in [5.41, 5.74) is 0.775. The minimum atomic E-state index is -0.457. The van der Waals surface area contributed by atoms with E-state index in [0.717, 1.165) is 31.4 Å². The van der Waals surface area contributed by atoms with E-state index in [0.29, 0.717) is 5.02 Å². The monoisotopic (exact) mass is 292 g/mol. The van der Waals surface area contributed by atoms with Gasteiger partial charge in [-0.2, -0.15) is 0 Å². The Bertz CT molecular complexity index is 540. The topological polar surface area (TPSA) is 49.4 Å². The number of nitrogens with one attached hydrogen (secondary N) is 1. The fourth-order valence-electron chi connectivity index (χ4n) is 3.09. The van der Waals surface area contributed by atoms with Gasteiger partial charge in [-0.1, -0.05) is 30.5 Å². The highest BCUT2D eigenvalue weighted by molar-refractivity contribution is 6.30. The normalized spacial score (nSPS) is 23.6. The Labute approximate surface area is 123 Å². The Morgan fingerprint density at radius 1 is 1.20 bits per heavy atom. The van der Waals surface area contributed by atoms with E-state index in [9.17, 15) is 9.59 Å². The number of imide groups is 1. The van der Waals surface area contributed by atoms with Crippen LogP contribution in [0, 0.1) is 0 Å². The molecular formula is C15H17ClN2O2. The summed E-state index contributed by atoms with van der Waals surface area (Å²) in [7, 11) is 0. The van der Waals surface area contributed by atoms with Crippen molar-refractivity contribution < 1.29 is 9.59 Å². The molecule has 1 saturated carbocycles. The van der Waals surface area contributed by atoms with Crippen molar-refractivity contribution >= 4 is 29.1 Å². The average molecular weight is 293 g/mol. The summed E-state index contributed by atoms with van der Waals surface area (Å²) in [6.45, 7) is 0. The predicted octanol–water partition coefficient (Wildman–Crippen LogP) is 2.82. The van der Waals surface area contributed by atoms with Crippen LogP contribution in [0.2, 0.25) is 5.02 Å². The largest absolute Gasteiger partial charge is 0.373 e. The Morgan fingerprint density at radius 2 is 1.95 bits per heavy atom. The molecule has 0 spiro atoms. The number of carbonyl (C=O) groups is 2. The van der Waals surface area contributed by atoms with E-state index in [1.807, 2.05) is 12.1 Å². The summed E-state index contributed by atoms with van der Waals surface area (Å²) in [5, 5.41) is 3.73. The lowest BCUT2D eigenvalue weighted by molar-refractivity contribution is -0.141. The lowest BCUT2D eigenvalue weighted by Gasteiger charge is -2.22. The predicted molar refractivity (Wildman–Crippen MR) is 77.6 cm³/mol. The molecule has 2 amide bonds. The first kappa shape index (κ1) is 13.4. The van der Waals surface area contributed by atoms with Gasteiger partial charge in [0.2, 0.25) is 5.91 Å². The zero-order chi connectivity index (χ0) is 14.1. The molecule has 106 valence electrons. The van der Waals surface area contributed by atoms with Crippen LogP contribution < -0.4 is 5.32 Å². The van der Waals surface area contributed by atoms with Crippen LogP contribution in [0.1, 0.15) is 32.1 Å². The van der Waals surface area contributed by atoms with Crippen molar-refractivity contribution in [2.45, 2.75) is 44.2 Å². The van der Waals surface area contributed by atoms with Gasteiger partial charge >= 0.3 is 0 Å². The first-order valence-corrected chi connectivity index (χ1v) is 7.41. The van der Waals surface area contributed by atoms with E-state index < -0.39 is 6.04 Å². The van der Waals surface area contributed by atoms with E-state index in [1.54, 1.807) is 12.1 Å². The number of amides is 2. The fourth-order valence-corrected chi connectivity index (χ4v) is 3.28. The Hall–Kier alpha value is -1.55. The van der Waals surface area contributed by atoms with E-state index in [4.69, 9.17) is 11.6 Å². The first-order chi connectivity index (χ1) is 9.65. The summed E-state index contributed by atoms with van der Waals surface area (Å²) in [5.74, 6) is -0.150. The van der Waals surface area contributed by atoms with Gasteiger partial charge in [0.1, 0.15) is 6.04 Å². The van der Waals surface area contributed by atoms with Crippen molar-refractivity contribution in [2.75, 3.05) is 5.32 Å². The second kappa shape index (κ2) is 5.44. The molecule has 5 heteroatoms. The first-order valence-electron chi connectivity index (χ1n) is 7.03. The number of carbonyl (C=O) groups excluding carboxylic acids is 2. The molecule has 1 saturated heterocycles. The van der Waals surface area contributed by atoms with Crippen molar-refractivity contribution in [3.63, 3.8) is 0 Å². The number of rotatable bonds is 3. The number of likely N-dealkylation sites (tertiary alicyclic amines) is 1. The SMILES string of the molecule is O=C1CC(Nc2cccc(Cl)c2)C(=O)N1C1CCCC1. The molecule has 1 heterocycles. The fraction of sp³-hybridized carbons (Fsp3) is 0.467. The molecular weight excluding hydrogens is 276 g/mol. The molecule has 2 fully saturated rings. The maximum Gasteiger partial charge on any atom is 0.252 e. The molecule has 1 aliphatic carbocycles. The van der Waals surface area contributed by atoms with Crippen LogP contribution >= 0.6 is 11.6 Å². The highest BCUT2D eigenvalue weighted by Gasteiger charge is 2.42. The molecule has 1 aromatic rings. The second-order valence-electron chi connectivity index (χ2n) is 5.45. The van der Waals surface area contributed by atoms with Crippen molar-refractivity contribution in [3.8, 4) is 0 Å². The van der Waals surface area contributed by atoms with E-state index in [1.165, 1.54) is 4.90 Å². The third-order valence-electron chi connectivity index (χ3n) is 4.04. The molecule has 0 bridgehead atoms. The van der Waals surface area contributed by atoms with Crippen LogP contribution in [0.15, 0.2) is 24.3 Å². The van der Waals surface area contributed by atoms with Gasteiger partial charge in [-0.3, -0.25) is 14.5 Å². The molecule has 1 atom stereocenters. The van der Waals surface area contributed by atoms with Crippen LogP contribution in [-0.4, -0.2) is 28.8 Å². The third kappa shape index (κ3) is 2.52. The second-order valence-corrected chi connectivity index (χ2v) is 5.89. The zero-order valence-electron chi connectivity index (χ0n) is 11.1. The van der Waals surface area contributed by atoms with Gasteiger partial charge in [0, 0.05) is 16.8 Å². The third-order valence-corrected chi connectivity index (χ3v) is 4.27. The van der Waals surface area contributed by atoms with E-state index in [2.05, 4.69) is 5.32 Å². The van der Waals surface area contributed by atoms with Gasteiger partial charge in [0.25, 0.3) is 5.91 Å². The lowest BCUT2D eigenvalue weighted by Crippen LogP contribution is -2.40. The molecule has 2 aliphatic rings. The maximum atomic E-state index is 12.4. The average Bonchev–Trinajstić information content (AvgIpc) is 2.99. The number of nitrogens with zero attached hydrogens (tertiary/aromatic N) is 1. The smallest absolute Gasteiger partial charge is 0.252 e. The summed E-state index contributed by atoms with van der Waals surface area (Å²) in [6.07, 6.45) is 4.34. The Kier molecular flexibility index (Phi) is 3.66. The minimum absolute atomic E-state index is 0.0542. The standard InChI is InChI=1S/C15H17ClN2O2/c16-10-4-3-5-11(8-10)17-13-9-14(19)18(15(13)20)12-6-1-2-7-12/h3-5,8,12-13,17H,1-2,6-7,9H2. The highest BCUT2D eigenvalue weighted by Crippen LogP contribution is 2.29. The molecule has 1 aromatic carbocycles. The van der Waals surface area contributed by atoms with Gasteiger partial charge < -0.3 is 5.32 Å². The molecule has 1 aliphatic heterocycles. The van der Waals surface area contributed by atoms with Gasteiger partial charge in [-0.15, -0.1) is 0 Å². The van der Waals surface area contributed by atoms with Gasteiger partial charge in [-0.05, 0) is 31.0 Å². The quantitative estimate of drug-likeness (QED) is 0.872. The maximum absolute atomic E-state index is 12.4. The van der Waals surface area contributed by atoms with Crippen LogP contribution in [0.4, 0.5) is 5.69 Å². The molecule has 0 aromatic heterocycles. The van der Waals surface area contributed by atoms with Crippen LogP contribution in [0.25, 0.3) is 0 Å². The zero-order valence-corrected chi connectivity index (χ0v) is 11.9. The Balaban J connectivity index is 1.72. The van der Waals surface area contributed by atoms with Crippen LogP contribution in [0.5, 0.6) is 0 Å². The molecule has 0 radical (unpaired) electrons. The summed E-state index contributed by atoms with van der Waals surface area (Å²) < 4.78 is 0. The van der Waals surface area contributed by atoms with Gasteiger partial charge in [-0.25, -0.2) is 0 Å². The molecule has 3 rings (SSSR count). The molecule has 20 heavy (non-hydrogen) atoms. The number of halogens is 1. The Morgan fingerprint density at radius 3 is 2.65 bits per heavy atom. The molecule has 1 N–H and O–H groups in total. The van der Waals surface area contributed by atoms with E-state index in [-0.39, 0.29) is 24.3 Å². The lowest BCUT2D eigenvalue weighted by atomic mass is 10.2. The van der Waals surface area contributed by atoms with Crippen molar-refractivity contribution in [2.24, 2.45) is 0 Å². The summed E-state index contributed by atoms with van der Waals surface area (Å²) in [6, 6.07) is 6.86. The molecule has 4 nitrogen and oxygen atoms in total. The number of hydrogen-bond acceptors (Lipinski definition) is 3. The number of hydrogen-bond donors (Lipinski definition) is 1. The van der Waals surface area contributed by atoms with Crippen LogP contribution in [-0.2, 0) is 9.59 Å². The van der Waals surface area contributed by atoms with Crippen molar-refractivity contribution in [1.29, 1.82) is 0 Å².